The van der Waals surface area contributed by atoms with Gasteiger partial charge >= 0.3 is 0 Å². The largest absolute Gasteiger partial charge is 0.437 e. The first-order valence-electron chi connectivity index (χ1n) is 5.31. The van der Waals surface area contributed by atoms with Gasteiger partial charge in [0.1, 0.15) is 0 Å². The highest BCUT2D eigenvalue weighted by Crippen LogP contribution is 2.24. The molecule has 0 spiro atoms. The van der Waals surface area contributed by atoms with Gasteiger partial charge in [-0.15, -0.1) is 0 Å². The van der Waals surface area contributed by atoms with Crippen molar-refractivity contribution in [2.45, 2.75) is 13.8 Å². The fourth-order valence-corrected chi connectivity index (χ4v) is 1.33. The lowest BCUT2D eigenvalue weighted by Gasteiger charge is -2.09. The summed E-state index contributed by atoms with van der Waals surface area (Å²) in [5.41, 5.74) is 1.71. The Balaban J connectivity index is 2.32. The average molecular weight is 230 g/mol. The normalized spacial score (nSPS) is 10.1. The van der Waals surface area contributed by atoms with Gasteiger partial charge in [0.2, 0.25) is 11.8 Å². The zero-order valence-electron chi connectivity index (χ0n) is 10.1. The van der Waals surface area contributed by atoms with E-state index in [9.17, 15) is 0 Å². The SMILES string of the molecule is CNc1ncc(C)c(Oc2cccnc2C)n1. The molecular weight excluding hydrogens is 216 g/mol. The summed E-state index contributed by atoms with van der Waals surface area (Å²) in [6.45, 7) is 3.80. The van der Waals surface area contributed by atoms with E-state index in [0.717, 1.165) is 11.3 Å². The molecule has 5 nitrogen and oxygen atoms in total. The topological polar surface area (TPSA) is 59.9 Å². The zero-order valence-corrected chi connectivity index (χ0v) is 10.1. The van der Waals surface area contributed by atoms with E-state index < -0.39 is 0 Å². The molecule has 0 saturated heterocycles. The summed E-state index contributed by atoms with van der Waals surface area (Å²) in [4.78, 5) is 12.5. The molecule has 0 fully saturated rings. The van der Waals surface area contributed by atoms with Crippen molar-refractivity contribution in [3.05, 3.63) is 35.8 Å². The third-order valence-corrected chi connectivity index (χ3v) is 2.31. The van der Waals surface area contributed by atoms with Crippen LogP contribution in [0.4, 0.5) is 5.95 Å². The van der Waals surface area contributed by atoms with Gasteiger partial charge in [0.15, 0.2) is 5.75 Å². The molecule has 2 rings (SSSR count). The average Bonchev–Trinajstić information content (AvgIpc) is 2.35. The van der Waals surface area contributed by atoms with Gasteiger partial charge in [0.05, 0.1) is 5.69 Å². The first-order chi connectivity index (χ1) is 8.20. The van der Waals surface area contributed by atoms with E-state index in [4.69, 9.17) is 4.74 Å². The monoisotopic (exact) mass is 230 g/mol. The maximum Gasteiger partial charge on any atom is 0.227 e. The van der Waals surface area contributed by atoms with Gasteiger partial charge in [-0.1, -0.05) is 0 Å². The van der Waals surface area contributed by atoms with E-state index in [1.54, 1.807) is 19.4 Å². The van der Waals surface area contributed by atoms with Crippen LogP contribution < -0.4 is 10.1 Å². The Kier molecular flexibility index (Phi) is 3.18. The summed E-state index contributed by atoms with van der Waals surface area (Å²) < 4.78 is 5.73. The highest BCUT2D eigenvalue weighted by Gasteiger charge is 2.07. The van der Waals surface area contributed by atoms with Crippen LogP contribution in [0, 0.1) is 13.8 Å². The number of ether oxygens (including phenoxy) is 1. The van der Waals surface area contributed by atoms with Crippen LogP contribution in [0.2, 0.25) is 0 Å². The van der Waals surface area contributed by atoms with Gasteiger partial charge in [-0.2, -0.15) is 4.98 Å². The number of pyridine rings is 1. The molecule has 2 aromatic rings. The van der Waals surface area contributed by atoms with Crippen LogP contribution in [0.1, 0.15) is 11.3 Å². The van der Waals surface area contributed by atoms with E-state index in [-0.39, 0.29) is 0 Å². The Morgan fingerprint density at radius 1 is 1.24 bits per heavy atom. The first-order valence-corrected chi connectivity index (χ1v) is 5.31. The summed E-state index contributed by atoms with van der Waals surface area (Å²) in [6, 6.07) is 3.70. The summed E-state index contributed by atoms with van der Waals surface area (Å²) in [6.07, 6.45) is 3.45. The predicted octanol–water partition coefficient (Wildman–Crippen LogP) is 2.32. The number of aryl methyl sites for hydroxylation is 2. The minimum absolute atomic E-state index is 0.534. The van der Waals surface area contributed by atoms with Gasteiger partial charge in [-0.05, 0) is 26.0 Å². The Hall–Kier alpha value is -2.17. The van der Waals surface area contributed by atoms with E-state index >= 15 is 0 Å². The smallest absolute Gasteiger partial charge is 0.227 e. The molecule has 0 amide bonds. The van der Waals surface area contributed by atoms with Crippen LogP contribution in [0.5, 0.6) is 11.6 Å². The zero-order chi connectivity index (χ0) is 12.3. The van der Waals surface area contributed by atoms with Crippen molar-refractivity contribution in [1.82, 2.24) is 15.0 Å². The van der Waals surface area contributed by atoms with Crippen LogP contribution in [0.15, 0.2) is 24.5 Å². The minimum Gasteiger partial charge on any atom is -0.437 e. The number of hydrogen-bond donors (Lipinski definition) is 1. The Bertz CT molecular complexity index is 528. The summed E-state index contributed by atoms with van der Waals surface area (Å²) in [7, 11) is 1.77. The molecule has 0 saturated carbocycles. The molecule has 0 aliphatic rings. The second-order valence-corrected chi connectivity index (χ2v) is 3.62. The summed E-state index contributed by atoms with van der Waals surface area (Å²) in [5, 5.41) is 2.88. The highest BCUT2D eigenvalue weighted by atomic mass is 16.5. The molecule has 88 valence electrons. The number of nitrogens with one attached hydrogen (secondary N) is 1. The van der Waals surface area contributed by atoms with Crippen LogP contribution in [0.3, 0.4) is 0 Å². The van der Waals surface area contributed by atoms with Crippen LogP contribution >= 0.6 is 0 Å². The molecule has 5 heteroatoms. The predicted molar refractivity (Wildman–Crippen MR) is 65.4 cm³/mol. The van der Waals surface area contributed by atoms with Gasteiger partial charge in [-0.3, -0.25) is 4.98 Å². The molecule has 0 radical (unpaired) electrons. The minimum atomic E-state index is 0.534. The fraction of sp³-hybridized carbons (Fsp3) is 0.250. The Labute approximate surface area is 99.9 Å². The molecular formula is C12H14N4O. The van der Waals surface area contributed by atoms with E-state index in [1.807, 2.05) is 26.0 Å². The maximum absolute atomic E-state index is 5.73. The molecule has 0 aliphatic heterocycles. The lowest BCUT2D eigenvalue weighted by atomic mass is 10.3. The molecule has 2 aromatic heterocycles. The molecule has 0 unspecified atom stereocenters. The molecule has 0 aromatic carbocycles. The second-order valence-electron chi connectivity index (χ2n) is 3.62. The van der Waals surface area contributed by atoms with Gasteiger partial charge < -0.3 is 10.1 Å². The van der Waals surface area contributed by atoms with Crippen molar-refractivity contribution in [2.24, 2.45) is 0 Å². The number of hydrogen-bond acceptors (Lipinski definition) is 5. The van der Waals surface area contributed by atoms with Gasteiger partial charge in [0.25, 0.3) is 0 Å². The van der Waals surface area contributed by atoms with Crippen LogP contribution in [-0.2, 0) is 0 Å². The summed E-state index contributed by atoms with van der Waals surface area (Å²) in [5.74, 6) is 1.78. The number of nitrogens with zero attached hydrogens (tertiary/aromatic N) is 3. The van der Waals surface area contributed by atoms with Crippen LogP contribution in [0.25, 0.3) is 0 Å². The number of rotatable bonds is 3. The van der Waals surface area contributed by atoms with E-state index in [0.29, 0.717) is 17.6 Å². The maximum atomic E-state index is 5.73. The van der Waals surface area contributed by atoms with Crippen LogP contribution in [-0.4, -0.2) is 22.0 Å². The molecule has 17 heavy (non-hydrogen) atoms. The van der Waals surface area contributed by atoms with Crippen molar-refractivity contribution in [1.29, 1.82) is 0 Å². The molecule has 1 N–H and O–H groups in total. The highest BCUT2D eigenvalue weighted by molar-refractivity contribution is 5.36. The summed E-state index contributed by atoms with van der Waals surface area (Å²) >= 11 is 0. The fourth-order valence-electron chi connectivity index (χ4n) is 1.33. The number of anilines is 1. The van der Waals surface area contributed by atoms with E-state index in [2.05, 4.69) is 20.3 Å². The first kappa shape index (κ1) is 11.3. The quantitative estimate of drug-likeness (QED) is 0.876. The third-order valence-electron chi connectivity index (χ3n) is 2.31. The second kappa shape index (κ2) is 4.78. The van der Waals surface area contributed by atoms with Crippen molar-refractivity contribution in [2.75, 3.05) is 12.4 Å². The van der Waals surface area contributed by atoms with Crippen molar-refractivity contribution in [3.8, 4) is 11.6 Å². The molecule has 2 heterocycles. The van der Waals surface area contributed by atoms with Gasteiger partial charge in [0, 0.05) is 25.0 Å². The standard InChI is InChI=1S/C12H14N4O/c1-8-7-15-12(13-3)16-11(8)17-10-5-4-6-14-9(10)2/h4-7H,1-3H3,(H,13,15,16). The number of aromatic nitrogens is 3. The molecule has 0 bridgehead atoms. The van der Waals surface area contributed by atoms with Crippen molar-refractivity contribution < 1.29 is 4.74 Å². The van der Waals surface area contributed by atoms with Crippen molar-refractivity contribution >= 4 is 5.95 Å². The third kappa shape index (κ3) is 2.50. The Morgan fingerprint density at radius 2 is 2.06 bits per heavy atom. The van der Waals surface area contributed by atoms with E-state index in [1.165, 1.54) is 0 Å². The lowest BCUT2D eigenvalue weighted by Crippen LogP contribution is -2.00. The molecule has 0 aliphatic carbocycles. The van der Waals surface area contributed by atoms with Gasteiger partial charge in [-0.25, -0.2) is 4.98 Å². The Morgan fingerprint density at radius 3 is 2.76 bits per heavy atom. The lowest BCUT2D eigenvalue weighted by molar-refractivity contribution is 0.452. The molecule has 0 atom stereocenters. The van der Waals surface area contributed by atoms with Crippen molar-refractivity contribution in [3.63, 3.8) is 0 Å².